The number of rotatable bonds is 2. The van der Waals surface area contributed by atoms with Gasteiger partial charge in [-0.2, -0.15) is 5.26 Å². The lowest BCUT2D eigenvalue weighted by Crippen LogP contribution is -2.25. The van der Waals surface area contributed by atoms with Gasteiger partial charge in [0.05, 0.1) is 0 Å². The molecule has 2 heterocycles. The number of fused-ring (bicyclic) bond motifs is 1. The minimum absolute atomic E-state index is 0.00583. The Morgan fingerprint density at radius 1 is 1.47 bits per heavy atom. The molecule has 19 heavy (non-hydrogen) atoms. The van der Waals surface area contributed by atoms with Gasteiger partial charge in [0, 0.05) is 24.2 Å². The number of hydrogen-bond acceptors (Lipinski definition) is 3. The normalized spacial score (nSPS) is 19.1. The van der Waals surface area contributed by atoms with E-state index in [-0.39, 0.29) is 17.6 Å². The fraction of sp³-hybridized carbons (Fsp3) is 0.286. The summed E-state index contributed by atoms with van der Waals surface area (Å²) < 4.78 is 5.49. The van der Waals surface area contributed by atoms with Crippen molar-refractivity contribution in [1.82, 2.24) is 0 Å². The fourth-order valence-corrected chi connectivity index (χ4v) is 2.68. The van der Waals surface area contributed by atoms with Gasteiger partial charge in [-0.15, -0.1) is 11.6 Å². The summed E-state index contributed by atoms with van der Waals surface area (Å²) in [4.78, 5) is 13.7. The minimum atomic E-state index is -0.00583. The van der Waals surface area contributed by atoms with Gasteiger partial charge in [-0.1, -0.05) is 12.1 Å². The number of nitriles is 1. The zero-order valence-electron chi connectivity index (χ0n) is 10.1. The fourth-order valence-electron chi connectivity index (χ4n) is 2.48. The number of hydrogen-bond donors (Lipinski definition) is 0. The first-order valence-corrected chi connectivity index (χ1v) is 6.56. The van der Waals surface area contributed by atoms with Crippen molar-refractivity contribution >= 4 is 34.2 Å². The maximum atomic E-state index is 12.1. The second-order valence-electron chi connectivity index (χ2n) is 4.62. The molecule has 1 aliphatic heterocycles. The average molecular weight is 275 g/mol. The van der Waals surface area contributed by atoms with E-state index in [0.29, 0.717) is 30.1 Å². The molecule has 0 bridgehead atoms. The second-order valence-corrected chi connectivity index (χ2v) is 4.93. The van der Waals surface area contributed by atoms with Crippen molar-refractivity contribution in [3.63, 3.8) is 0 Å². The molecule has 0 radical (unpaired) electrons. The molecule has 1 saturated heterocycles. The van der Waals surface area contributed by atoms with Crippen molar-refractivity contribution in [2.75, 3.05) is 17.3 Å². The van der Waals surface area contributed by atoms with Crippen LogP contribution < -0.4 is 4.90 Å². The van der Waals surface area contributed by atoms with E-state index in [1.165, 1.54) is 0 Å². The monoisotopic (exact) mass is 274 g/mol. The van der Waals surface area contributed by atoms with Gasteiger partial charge < -0.3 is 9.32 Å². The third kappa shape index (κ3) is 1.87. The highest BCUT2D eigenvalue weighted by Gasteiger charge is 2.33. The molecule has 1 aromatic carbocycles. The van der Waals surface area contributed by atoms with Crippen molar-refractivity contribution in [2.45, 2.75) is 6.42 Å². The summed E-state index contributed by atoms with van der Waals surface area (Å²) in [6, 6.07) is 9.37. The minimum Gasteiger partial charge on any atom is -0.443 e. The highest BCUT2D eigenvalue weighted by Crippen LogP contribution is 2.36. The van der Waals surface area contributed by atoms with E-state index in [2.05, 4.69) is 0 Å². The lowest BCUT2D eigenvalue weighted by Gasteiger charge is -2.15. The van der Waals surface area contributed by atoms with Crippen LogP contribution in [-0.2, 0) is 4.79 Å². The van der Waals surface area contributed by atoms with Gasteiger partial charge in [-0.3, -0.25) is 4.79 Å². The van der Waals surface area contributed by atoms with E-state index in [0.717, 1.165) is 5.39 Å². The third-order valence-corrected chi connectivity index (χ3v) is 3.80. The third-order valence-electron chi connectivity index (χ3n) is 3.36. The molecule has 1 fully saturated rings. The summed E-state index contributed by atoms with van der Waals surface area (Å²) in [5, 5.41) is 9.98. The van der Waals surface area contributed by atoms with Crippen LogP contribution in [0, 0.1) is 17.2 Å². The summed E-state index contributed by atoms with van der Waals surface area (Å²) in [6.07, 6.45) is 0.424. The maximum Gasteiger partial charge on any atom is 0.228 e. The van der Waals surface area contributed by atoms with Crippen LogP contribution in [0.15, 0.2) is 28.7 Å². The Bertz CT molecular complexity index is 686. The van der Waals surface area contributed by atoms with Gasteiger partial charge in [0.25, 0.3) is 0 Å². The molecule has 96 valence electrons. The Balaban J connectivity index is 2.14. The Hall–Kier alpha value is -1.99. The number of benzene rings is 1. The van der Waals surface area contributed by atoms with Gasteiger partial charge in [-0.05, 0) is 18.1 Å². The number of amides is 1. The zero-order chi connectivity index (χ0) is 13.4. The summed E-state index contributed by atoms with van der Waals surface area (Å²) in [5.41, 5.74) is 1.20. The molecule has 0 N–H and O–H groups in total. The van der Waals surface area contributed by atoms with Crippen molar-refractivity contribution < 1.29 is 9.21 Å². The first-order chi connectivity index (χ1) is 9.24. The Labute approximate surface area is 115 Å². The van der Waals surface area contributed by atoms with E-state index >= 15 is 0 Å². The maximum absolute atomic E-state index is 12.1. The van der Waals surface area contributed by atoms with Gasteiger partial charge in [0.15, 0.2) is 0 Å². The van der Waals surface area contributed by atoms with Gasteiger partial charge in [0.1, 0.15) is 17.3 Å². The molecule has 5 heteroatoms. The Kier molecular flexibility index (Phi) is 2.92. The molecule has 1 aromatic heterocycles. The quantitative estimate of drug-likeness (QED) is 0.791. The van der Waals surface area contributed by atoms with Crippen LogP contribution in [0.25, 0.3) is 11.0 Å². The number of halogens is 1. The van der Waals surface area contributed by atoms with Crippen LogP contribution in [0.2, 0.25) is 0 Å². The highest BCUT2D eigenvalue weighted by molar-refractivity contribution is 6.18. The van der Waals surface area contributed by atoms with E-state index in [9.17, 15) is 10.1 Å². The number of alkyl halides is 1. The number of carbonyl (C=O) groups excluding carboxylic acids is 1. The van der Waals surface area contributed by atoms with Crippen molar-refractivity contribution in [1.29, 1.82) is 5.26 Å². The topological polar surface area (TPSA) is 57.2 Å². The zero-order valence-corrected chi connectivity index (χ0v) is 10.9. The molecule has 0 spiro atoms. The van der Waals surface area contributed by atoms with Gasteiger partial charge in [0.2, 0.25) is 11.7 Å². The molecule has 1 unspecified atom stereocenters. The first-order valence-electron chi connectivity index (χ1n) is 6.02. The summed E-state index contributed by atoms with van der Waals surface area (Å²) in [6.45, 7) is 0.542. The highest BCUT2D eigenvalue weighted by atomic mass is 35.5. The SMILES string of the molecule is N#Cc1oc2ccccc2c1N1CC(CCl)CC1=O. The largest absolute Gasteiger partial charge is 0.443 e. The van der Waals surface area contributed by atoms with E-state index in [1.54, 1.807) is 11.0 Å². The lowest BCUT2D eigenvalue weighted by atomic mass is 10.1. The van der Waals surface area contributed by atoms with Crippen LogP contribution in [0.3, 0.4) is 0 Å². The van der Waals surface area contributed by atoms with Gasteiger partial charge >= 0.3 is 0 Å². The van der Waals surface area contributed by atoms with Crippen LogP contribution in [0.5, 0.6) is 0 Å². The standard InChI is InChI=1S/C14H11ClN2O2/c15-6-9-5-13(18)17(8-9)14-10-3-1-2-4-11(10)19-12(14)7-16/h1-4,9H,5-6,8H2. The van der Waals surface area contributed by atoms with Crippen molar-refractivity contribution in [3.05, 3.63) is 30.0 Å². The molecule has 1 atom stereocenters. The van der Waals surface area contributed by atoms with Crippen LogP contribution in [-0.4, -0.2) is 18.3 Å². The molecule has 0 aliphatic carbocycles. The number of para-hydroxylation sites is 1. The summed E-state index contributed by atoms with van der Waals surface area (Å²) in [5.74, 6) is 0.757. The van der Waals surface area contributed by atoms with Crippen LogP contribution >= 0.6 is 11.6 Å². The van der Waals surface area contributed by atoms with Gasteiger partial charge in [-0.25, -0.2) is 0 Å². The first kappa shape index (κ1) is 12.1. The summed E-state index contributed by atoms with van der Waals surface area (Å²) >= 11 is 5.82. The smallest absolute Gasteiger partial charge is 0.228 e. The number of anilines is 1. The lowest BCUT2D eigenvalue weighted by molar-refractivity contribution is -0.117. The molecular weight excluding hydrogens is 264 g/mol. The molecule has 2 aromatic rings. The van der Waals surface area contributed by atoms with Crippen molar-refractivity contribution in [2.24, 2.45) is 5.92 Å². The molecule has 4 nitrogen and oxygen atoms in total. The predicted molar refractivity (Wildman–Crippen MR) is 72.1 cm³/mol. The molecule has 1 amide bonds. The molecule has 1 aliphatic rings. The molecular formula is C14H11ClN2O2. The number of furan rings is 1. The average Bonchev–Trinajstić information content (AvgIpc) is 2.98. The summed E-state index contributed by atoms with van der Waals surface area (Å²) in [7, 11) is 0. The number of carbonyl (C=O) groups is 1. The van der Waals surface area contributed by atoms with Crippen molar-refractivity contribution in [3.8, 4) is 6.07 Å². The van der Waals surface area contributed by atoms with Crippen LogP contribution in [0.4, 0.5) is 5.69 Å². The van der Waals surface area contributed by atoms with E-state index in [1.807, 2.05) is 24.3 Å². The number of nitrogens with zero attached hydrogens (tertiary/aromatic N) is 2. The molecule has 3 rings (SSSR count). The van der Waals surface area contributed by atoms with E-state index < -0.39 is 0 Å². The van der Waals surface area contributed by atoms with Crippen LogP contribution in [0.1, 0.15) is 12.2 Å². The second kappa shape index (κ2) is 4.60. The Morgan fingerprint density at radius 3 is 2.95 bits per heavy atom. The molecule has 0 saturated carbocycles. The van der Waals surface area contributed by atoms with E-state index in [4.69, 9.17) is 16.0 Å². The predicted octanol–water partition coefficient (Wildman–Crippen LogP) is 2.90. The Morgan fingerprint density at radius 2 is 2.26 bits per heavy atom.